The van der Waals surface area contributed by atoms with E-state index in [1.165, 1.54) is 35.8 Å². The van der Waals surface area contributed by atoms with Crippen LogP contribution in [-0.4, -0.2) is 43.5 Å². The first-order valence-electron chi connectivity index (χ1n) is 10.2. The molecule has 0 bridgehead atoms. The van der Waals surface area contributed by atoms with Gasteiger partial charge in [-0.05, 0) is 6.07 Å². The quantitative estimate of drug-likeness (QED) is 0.227. The summed E-state index contributed by atoms with van der Waals surface area (Å²) < 4.78 is 50.2. The van der Waals surface area contributed by atoms with E-state index in [0.717, 1.165) is 24.7 Å². The number of alkyl carbamates (subject to hydrolysis) is 1. The maximum absolute atomic E-state index is 14.8. The number of carboxylic acids is 1. The number of carbonyl (C=O) groups is 2. The van der Waals surface area contributed by atoms with Gasteiger partial charge in [-0.3, -0.25) is 0 Å². The van der Waals surface area contributed by atoms with Gasteiger partial charge in [0.2, 0.25) is 12.6 Å². The summed E-state index contributed by atoms with van der Waals surface area (Å²) >= 11 is 0. The van der Waals surface area contributed by atoms with Crippen LogP contribution in [0.15, 0.2) is 43.4 Å². The summed E-state index contributed by atoms with van der Waals surface area (Å²) in [5, 5.41) is 28.1. The van der Waals surface area contributed by atoms with Gasteiger partial charge < -0.3 is 25.1 Å². The molecule has 0 saturated carbocycles. The number of carbonyl (C=O) groups excluding carboxylic acids is 2. The second-order valence-corrected chi connectivity index (χ2v) is 7.65. The number of aromatic nitrogens is 5. The SMILES string of the molecule is CC(OC(=O)NCC(=O)[O-])[n+]1cnn(C[C@](O)(c2ccc(F)cc2F)[C@@H](C)c2ncncc2F)c1.[Na+]. The normalized spacial score (nSPS) is 14.2. The number of aliphatic hydroxyl groups is 1. The van der Waals surface area contributed by atoms with E-state index >= 15 is 0 Å². The van der Waals surface area contributed by atoms with Gasteiger partial charge in [0.25, 0.3) is 6.33 Å². The minimum Gasteiger partial charge on any atom is -0.548 e. The minimum absolute atomic E-state index is 0. The van der Waals surface area contributed by atoms with Crippen LogP contribution in [0, 0.1) is 17.5 Å². The van der Waals surface area contributed by atoms with Gasteiger partial charge in [0, 0.05) is 29.6 Å². The van der Waals surface area contributed by atoms with E-state index in [1.807, 2.05) is 5.32 Å². The molecule has 0 radical (unpaired) electrons. The summed E-state index contributed by atoms with van der Waals surface area (Å²) in [7, 11) is 0. The molecular weight excluding hydrogens is 496 g/mol. The van der Waals surface area contributed by atoms with Gasteiger partial charge in [0.1, 0.15) is 30.1 Å². The number of benzene rings is 1. The first kappa shape index (κ1) is 29.2. The average molecular weight is 517 g/mol. The summed E-state index contributed by atoms with van der Waals surface area (Å²) in [6, 6.07) is 2.59. The van der Waals surface area contributed by atoms with Crippen molar-refractivity contribution >= 4 is 12.1 Å². The second kappa shape index (κ2) is 12.3. The number of aliphatic carboxylic acids is 1. The Morgan fingerprint density at radius 1 is 1.28 bits per heavy atom. The molecule has 0 spiro atoms. The molecule has 3 aromatic rings. The smallest absolute Gasteiger partial charge is 0.548 e. The van der Waals surface area contributed by atoms with Crippen LogP contribution in [0.25, 0.3) is 0 Å². The van der Waals surface area contributed by atoms with Crippen LogP contribution in [0.2, 0.25) is 0 Å². The number of nitrogens with one attached hydrogen (secondary N) is 1. The van der Waals surface area contributed by atoms with Crippen molar-refractivity contribution in [1.82, 2.24) is 25.1 Å². The number of halogens is 3. The summed E-state index contributed by atoms with van der Waals surface area (Å²) in [4.78, 5) is 29.5. The van der Waals surface area contributed by atoms with Gasteiger partial charge in [0.15, 0.2) is 5.82 Å². The van der Waals surface area contributed by atoms with Crippen LogP contribution in [0.4, 0.5) is 18.0 Å². The fraction of sp³-hybridized carbons (Fsp3) is 0.333. The molecule has 0 fully saturated rings. The molecule has 15 heteroatoms. The van der Waals surface area contributed by atoms with Crippen molar-refractivity contribution in [2.45, 2.75) is 38.1 Å². The molecule has 1 amide bonds. The topological polar surface area (TPSA) is 146 Å². The zero-order valence-electron chi connectivity index (χ0n) is 19.6. The summed E-state index contributed by atoms with van der Waals surface area (Å²) in [6.45, 7) is 1.69. The number of carboxylic acid groups (broad SMARTS) is 1. The van der Waals surface area contributed by atoms with Crippen LogP contribution in [0.1, 0.15) is 37.3 Å². The number of ether oxygens (including phenoxy) is 1. The zero-order valence-corrected chi connectivity index (χ0v) is 21.6. The largest absolute Gasteiger partial charge is 1.00 e. The van der Waals surface area contributed by atoms with Gasteiger partial charge in [-0.25, -0.2) is 27.9 Å². The van der Waals surface area contributed by atoms with Gasteiger partial charge in [-0.1, -0.05) is 13.0 Å². The van der Waals surface area contributed by atoms with E-state index in [0.29, 0.717) is 6.07 Å². The van der Waals surface area contributed by atoms with Crippen molar-refractivity contribution in [3.8, 4) is 0 Å². The number of amides is 1. The average Bonchev–Trinajstić information content (AvgIpc) is 3.25. The van der Waals surface area contributed by atoms with Crippen molar-refractivity contribution in [2.75, 3.05) is 6.54 Å². The number of nitrogens with zero attached hydrogens (tertiary/aromatic N) is 5. The van der Waals surface area contributed by atoms with Crippen LogP contribution >= 0.6 is 0 Å². The number of hydrogen-bond acceptors (Lipinski definition) is 8. The van der Waals surface area contributed by atoms with E-state index < -0.39 is 60.4 Å². The molecule has 0 aliphatic carbocycles. The first-order chi connectivity index (χ1) is 16.5. The summed E-state index contributed by atoms with van der Waals surface area (Å²) in [6.07, 6.45) is 2.52. The summed E-state index contributed by atoms with van der Waals surface area (Å²) in [5.41, 5.74) is -2.68. The first-order valence-corrected chi connectivity index (χ1v) is 10.2. The fourth-order valence-corrected chi connectivity index (χ4v) is 3.42. The third kappa shape index (κ3) is 6.78. The predicted octanol–water partition coefficient (Wildman–Crippen LogP) is -2.93. The van der Waals surface area contributed by atoms with Crippen molar-refractivity contribution in [1.29, 1.82) is 0 Å². The van der Waals surface area contributed by atoms with E-state index in [2.05, 4.69) is 15.1 Å². The molecule has 36 heavy (non-hydrogen) atoms. The second-order valence-electron chi connectivity index (χ2n) is 7.65. The Morgan fingerprint density at radius 3 is 2.64 bits per heavy atom. The molecule has 3 atom stereocenters. The fourth-order valence-electron chi connectivity index (χ4n) is 3.42. The van der Waals surface area contributed by atoms with Crippen LogP contribution in [0.3, 0.4) is 0 Å². The van der Waals surface area contributed by atoms with Crippen molar-refractivity contribution in [3.05, 3.63) is 72.1 Å². The van der Waals surface area contributed by atoms with E-state index in [1.54, 1.807) is 0 Å². The Labute approximate surface area is 225 Å². The third-order valence-electron chi connectivity index (χ3n) is 5.30. The maximum Gasteiger partial charge on any atom is 1.00 e. The molecule has 0 aliphatic rings. The van der Waals surface area contributed by atoms with Crippen molar-refractivity contribution < 1.29 is 71.8 Å². The molecule has 186 valence electrons. The van der Waals surface area contributed by atoms with E-state index in [4.69, 9.17) is 4.74 Å². The molecule has 2 N–H and O–H groups in total. The van der Waals surface area contributed by atoms with Crippen LogP contribution in [-0.2, 0) is 21.7 Å². The Hall–Kier alpha value is -3.07. The minimum atomic E-state index is -2.16. The van der Waals surface area contributed by atoms with Crippen LogP contribution in [0.5, 0.6) is 0 Å². The van der Waals surface area contributed by atoms with Crippen molar-refractivity contribution in [2.24, 2.45) is 0 Å². The number of rotatable bonds is 9. The molecule has 0 aliphatic heterocycles. The van der Waals surface area contributed by atoms with Gasteiger partial charge >= 0.3 is 35.7 Å². The molecule has 0 saturated heterocycles. The number of hydrogen-bond donors (Lipinski definition) is 2. The summed E-state index contributed by atoms with van der Waals surface area (Å²) in [5.74, 6) is -5.41. The Kier molecular flexibility index (Phi) is 9.93. The predicted molar refractivity (Wildman–Crippen MR) is 107 cm³/mol. The van der Waals surface area contributed by atoms with Gasteiger partial charge in [-0.2, -0.15) is 4.57 Å². The molecule has 1 aromatic carbocycles. The standard InChI is InChI=1S/C21H21F3N6O5.Na/c1-12(19-17(24)6-25-9-27-19)21(34,15-4-3-14(22)5-16(15)23)8-30-11-29(10-28-30)13(2)35-20(33)26-7-18(31)32;/h3-6,9-13,34H,7-8H2,1-2H3,(H-,26,31,32,33);/q;+1/t12-,13?,21+;/m0./s1. The zero-order chi connectivity index (χ0) is 25.8. The van der Waals surface area contributed by atoms with E-state index in [-0.39, 0.29) is 40.8 Å². The molecule has 1 unspecified atom stereocenters. The van der Waals surface area contributed by atoms with Gasteiger partial charge in [-0.15, -0.1) is 4.68 Å². The Morgan fingerprint density at radius 2 is 2.00 bits per heavy atom. The molecule has 11 nitrogen and oxygen atoms in total. The van der Waals surface area contributed by atoms with Crippen LogP contribution < -0.4 is 44.5 Å². The molecule has 3 rings (SSSR count). The maximum atomic E-state index is 14.8. The monoisotopic (exact) mass is 517 g/mol. The Balaban J connectivity index is 0.00000456. The third-order valence-corrected chi connectivity index (χ3v) is 5.30. The Bertz CT molecular complexity index is 1230. The van der Waals surface area contributed by atoms with Crippen molar-refractivity contribution in [3.63, 3.8) is 0 Å². The molecule has 2 heterocycles. The van der Waals surface area contributed by atoms with E-state index in [9.17, 15) is 33.0 Å². The molecule has 2 aromatic heterocycles. The molecular formula is C21H21F3N6NaO5+. The van der Waals surface area contributed by atoms with Gasteiger partial charge in [0.05, 0.1) is 24.4 Å².